The van der Waals surface area contributed by atoms with Gasteiger partial charge in [-0.2, -0.15) is 4.98 Å². The second-order valence-corrected chi connectivity index (χ2v) is 6.65. The van der Waals surface area contributed by atoms with Crippen LogP contribution in [0.5, 0.6) is 5.75 Å². The molecule has 6 heteroatoms. The Bertz CT molecular complexity index is 1120. The van der Waals surface area contributed by atoms with Gasteiger partial charge in [0.15, 0.2) is 11.2 Å². The van der Waals surface area contributed by atoms with Gasteiger partial charge in [-0.25, -0.2) is 4.98 Å². The van der Waals surface area contributed by atoms with E-state index in [1.807, 2.05) is 31.2 Å². The number of carbonyl (C=O) groups is 1. The minimum Gasteiger partial charge on any atom is -0.494 e. The highest BCUT2D eigenvalue weighted by Crippen LogP contribution is 2.30. The molecule has 0 bridgehead atoms. The molecule has 0 aliphatic heterocycles. The number of hydrogen-bond acceptors (Lipinski definition) is 5. The van der Waals surface area contributed by atoms with Crippen molar-refractivity contribution in [3.63, 3.8) is 0 Å². The quantitative estimate of drug-likeness (QED) is 0.490. The first-order chi connectivity index (χ1) is 14.2. The van der Waals surface area contributed by atoms with Crippen molar-refractivity contribution in [1.29, 1.82) is 0 Å². The molecule has 0 atom stereocenters. The van der Waals surface area contributed by atoms with Gasteiger partial charge in [-0.1, -0.05) is 13.0 Å². The molecule has 0 radical (unpaired) electrons. The molecule has 146 valence electrons. The maximum absolute atomic E-state index is 12.7. The highest BCUT2D eigenvalue weighted by Gasteiger charge is 2.15. The molecule has 0 saturated heterocycles. The Morgan fingerprint density at radius 3 is 2.69 bits per heavy atom. The zero-order chi connectivity index (χ0) is 20.2. The average molecular weight is 387 g/mol. The van der Waals surface area contributed by atoms with E-state index in [0.29, 0.717) is 35.0 Å². The number of aromatic nitrogens is 2. The standard InChI is InChI=1S/C23H21N3O3/c1-3-14-28-17-11-9-16(10-12-17)22(27)25-19-7-4-6-18(15(19)2)23-26-21-20(29-23)8-5-13-24-21/h4-13H,3,14H2,1-2H3,(H,25,27). The van der Waals surface area contributed by atoms with Gasteiger partial charge in [0, 0.05) is 23.0 Å². The highest BCUT2D eigenvalue weighted by atomic mass is 16.5. The van der Waals surface area contributed by atoms with E-state index in [1.54, 1.807) is 36.5 Å². The number of ether oxygens (including phenoxy) is 1. The van der Waals surface area contributed by atoms with E-state index >= 15 is 0 Å². The number of amides is 1. The smallest absolute Gasteiger partial charge is 0.255 e. The average Bonchev–Trinajstić information content (AvgIpc) is 3.18. The van der Waals surface area contributed by atoms with E-state index < -0.39 is 0 Å². The van der Waals surface area contributed by atoms with Crippen molar-refractivity contribution in [3.8, 4) is 17.2 Å². The summed E-state index contributed by atoms with van der Waals surface area (Å²) in [5.74, 6) is 1.04. The van der Waals surface area contributed by atoms with E-state index in [9.17, 15) is 4.79 Å². The summed E-state index contributed by atoms with van der Waals surface area (Å²) in [7, 11) is 0. The summed E-state index contributed by atoms with van der Waals surface area (Å²) in [6.07, 6.45) is 2.62. The number of oxazole rings is 1. The lowest BCUT2D eigenvalue weighted by Gasteiger charge is -2.11. The number of anilines is 1. The van der Waals surface area contributed by atoms with Crippen LogP contribution in [0.25, 0.3) is 22.7 Å². The van der Waals surface area contributed by atoms with E-state index in [0.717, 1.165) is 23.3 Å². The molecule has 0 aliphatic rings. The van der Waals surface area contributed by atoms with Gasteiger partial charge >= 0.3 is 0 Å². The topological polar surface area (TPSA) is 77.2 Å². The Morgan fingerprint density at radius 2 is 1.93 bits per heavy atom. The molecule has 2 heterocycles. The molecular formula is C23H21N3O3. The Hall–Kier alpha value is -3.67. The molecule has 2 aromatic heterocycles. The highest BCUT2D eigenvalue weighted by molar-refractivity contribution is 6.05. The van der Waals surface area contributed by atoms with Crippen LogP contribution in [0.3, 0.4) is 0 Å². The predicted octanol–water partition coefficient (Wildman–Crippen LogP) is 5.24. The molecule has 4 rings (SSSR count). The number of benzene rings is 2. The second kappa shape index (κ2) is 8.14. The fourth-order valence-corrected chi connectivity index (χ4v) is 3.00. The third-order valence-electron chi connectivity index (χ3n) is 4.57. The van der Waals surface area contributed by atoms with Gasteiger partial charge in [0.25, 0.3) is 5.91 Å². The van der Waals surface area contributed by atoms with Crippen LogP contribution in [-0.4, -0.2) is 22.5 Å². The van der Waals surface area contributed by atoms with E-state index in [-0.39, 0.29) is 5.91 Å². The minimum atomic E-state index is -0.188. The zero-order valence-corrected chi connectivity index (χ0v) is 16.3. The fourth-order valence-electron chi connectivity index (χ4n) is 3.00. The molecule has 0 fully saturated rings. The number of carbonyl (C=O) groups excluding carboxylic acids is 1. The number of nitrogens with zero attached hydrogens (tertiary/aromatic N) is 2. The molecular weight excluding hydrogens is 366 g/mol. The van der Waals surface area contributed by atoms with Crippen LogP contribution in [0.2, 0.25) is 0 Å². The van der Waals surface area contributed by atoms with Crippen molar-refractivity contribution >= 4 is 22.8 Å². The van der Waals surface area contributed by atoms with Crippen LogP contribution in [0, 0.1) is 6.92 Å². The molecule has 0 unspecified atom stereocenters. The maximum Gasteiger partial charge on any atom is 0.255 e. The summed E-state index contributed by atoms with van der Waals surface area (Å²) in [6, 6.07) is 16.4. The monoisotopic (exact) mass is 387 g/mol. The van der Waals surface area contributed by atoms with Crippen LogP contribution in [-0.2, 0) is 0 Å². The molecule has 1 N–H and O–H groups in total. The predicted molar refractivity (Wildman–Crippen MR) is 112 cm³/mol. The van der Waals surface area contributed by atoms with Crippen molar-refractivity contribution < 1.29 is 13.9 Å². The molecule has 4 aromatic rings. The van der Waals surface area contributed by atoms with Gasteiger partial charge in [0.05, 0.1) is 6.61 Å². The summed E-state index contributed by atoms with van der Waals surface area (Å²) in [6.45, 7) is 4.63. The third-order valence-corrected chi connectivity index (χ3v) is 4.57. The summed E-state index contributed by atoms with van der Waals surface area (Å²) in [5, 5.41) is 2.97. The Labute approximate surface area is 168 Å². The maximum atomic E-state index is 12.7. The zero-order valence-electron chi connectivity index (χ0n) is 16.3. The van der Waals surface area contributed by atoms with E-state index in [4.69, 9.17) is 9.15 Å². The van der Waals surface area contributed by atoms with Crippen LogP contribution in [0.1, 0.15) is 29.3 Å². The van der Waals surface area contributed by atoms with Gasteiger partial charge in [0.1, 0.15) is 5.75 Å². The van der Waals surface area contributed by atoms with Crippen molar-refractivity contribution in [2.45, 2.75) is 20.3 Å². The summed E-state index contributed by atoms with van der Waals surface area (Å²) in [4.78, 5) is 21.3. The first-order valence-corrected chi connectivity index (χ1v) is 9.51. The molecule has 0 saturated carbocycles. The van der Waals surface area contributed by atoms with Crippen LogP contribution in [0.15, 0.2) is 65.2 Å². The van der Waals surface area contributed by atoms with Crippen LogP contribution in [0.4, 0.5) is 5.69 Å². The Morgan fingerprint density at radius 1 is 1.10 bits per heavy atom. The molecule has 6 nitrogen and oxygen atoms in total. The van der Waals surface area contributed by atoms with Gasteiger partial charge in [-0.3, -0.25) is 4.79 Å². The SMILES string of the molecule is CCCOc1ccc(C(=O)Nc2cccc(-c3nc4ncccc4o3)c2C)cc1. The number of hydrogen-bond donors (Lipinski definition) is 1. The lowest BCUT2D eigenvalue weighted by Crippen LogP contribution is -2.13. The van der Waals surface area contributed by atoms with Crippen LogP contribution >= 0.6 is 0 Å². The van der Waals surface area contributed by atoms with E-state index in [2.05, 4.69) is 22.2 Å². The summed E-state index contributed by atoms with van der Waals surface area (Å²) >= 11 is 0. The Kier molecular flexibility index (Phi) is 5.24. The number of pyridine rings is 1. The van der Waals surface area contributed by atoms with Crippen molar-refractivity contribution in [1.82, 2.24) is 9.97 Å². The summed E-state index contributed by atoms with van der Waals surface area (Å²) in [5.41, 5.74) is 4.13. The molecule has 2 aromatic carbocycles. The number of rotatable bonds is 6. The van der Waals surface area contributed by atoms with Crippen molar-refractivity contribution in [2.24, 2.45) is 0 Å². The second-order valence-electron chi connectivity index (χ2n) is 6.65. The Balaban J connectivity index is 1.56. The van der Waals surface area contributed by atoms with Crippen LogP contribution < -0.4 is 10.1 Å². The molecule has 0 spiro atoms. The first-order valence-electron chi connectivity index (χ1n) is 9.51. The van der Waals surface area contributed by atoms with Gasteiger partial charge in [0.2, 0.25) is 5.89 Å². The van der Waals surface area contributed by atoms with Gasteiger partial charge < -0.3 is 14.5 Å². The normalized spacial score (nSPS) is 10.8. The van der Waals surface area contributed by atoms with Gasteiger partial charge in [-0.05, 0) is 67.4 Å². The van der Waals surface area contributed by atoms with Crippen molar-refractivity contribution in [2.75, 3.05) is 11.9 Å². The molecule has 0 aliphatic carbocycles. The summed E-state index contributed by atoms with van der Waals surface area (Å²) < 4.78 is 11.4. The van der Waals surface area contributed by atoms with Gasteiger partial charge in [-0.15, -0.1) is 0 Å². The lowest BCUT2D eigenvalue weighted by molar-refractivity contribution is 0.102. The third kappa shape index (κ3) is 3.96. The minimum absolute atomic E-state index is 0.188. The number of nitrogens with one attached hydrogen (secondary N) is 1. The van der Waals surface area contributed by atoms with E-state index in [1.165, 1.54) is 0 Å². The number of fused-ring (bicyclic) bond motifs is 1. The van der Waals surface area contributed by atoms with Crippen molar-refractivity contribution in [3.05, 3.63) is 71.9 Å². The molecule has 29 heavy (non-hydrogen) atoms. The lowest BCUT2D eigenvalue weighted by atomic mass is 10.1. The first kappa shape index (κ1) is 18.7. The largest absolute Gasteiger partial charge is 0.494 e. The molecule has 1 amide bonds. The fraction of sp³-hybridized carbons (Fsp3) is 0.174.